The summed E-state index contributed by atoms with van der Waals surface area (Å²) >= 11 is 3.18. The van der Waals surface area contributed by atoms with Crippen molar-refractivity contribution in [3.63, 3.8) is 0 Å². The van der Waals surface area contributed by atoms with Gasteiger partial charge < -0.3 is 15.5 Å². The Labute approximate surface area is 129 Å². The zero-order chi connectivity index (χ0) is 15.6. The third kappa shape index (κ3) is 3.22. The van der Waals surface area contributed by atoms with Crippen molar-refractivity contribution >= 4 is 33.5 Å². The van der Waals surface area contributed by atoms with Gasteiger partial charge in [-0.25, -0.2) is 4.79 Å². The van der Waals surface area contributed by atoms with Gasteiger partial charge in [-0.2, -0.15) is 0 Å². The summed E-state index contributed by atoms with van der Waals surface area (Å²) in [6, 6.07) is 9.29. The van der Waals surface area contributed by atoms with Gasteiger partial charge in [0.05, 0.1) is 16.8 Å². The smallest absolute Gasteiger partial charge is 0.337 e. The number of phenols is 1. The molecule has 0 aliphatic heterocycles. The zero-order valence-corrected chi connectivity index (χ0v) is 12.6. The van der Waals surface area contributed by atoms with Crippen LogP contribution < -0.4 is 5.32 Å². The van der Waals surface area contributed by atoms with Gasteiger partial charge >= 0.3 is 5.97 Å². The molecule has 0 saturated heterocycles. The Morgan fingerprint density at radius 1 is 1.14 bits per heavy atom. The maximum Gasteiger partial charge on any atom is 0.337 e. The van der Waals surface area contributed by atoms with E-state index in [9.17, 15) is 14.7 Å². The number of para-hydroxylation sites is 1. The molecule has 5 nitrogen and oxygen atoms in total. The van der Waals surface area contributed by atoms with Crippen LogP contribution in [-0.2, 0) is 0 Å². The number of hydrogen-bond donors (Lipinski definition) is 3. The summed E-state index contributed by atoms with van der Waals surface area (Å²) in [6.07, 6.45) is 0. The number of benzene rings is 2. The fourth-order valence-corrected chi connectivity index (χ4v) is 2.20. The summed E-state index contributed by atoms with van der Waals surface area (Å²) in [4.78, 5) is 23.4. The Kier molecular flexibility index (Phi) is 4.28. The summed E-state index contributed by atoms with van der Waals surface area (Å²) in [5.74, 6) is -1.84. The molecule has 21 heavy (non-hydrogen) atoms. The number of phenolic OH excluding ortho intramolecular Hbond substituents is 1. The van der Waals surface area contributed by atoms with Gasteiger partial charge in [0.15, 0.2) is 0 Å². The Morgan fingerprint density at radius 3 is 2.52 bits per heavy atom. The third-order valence-corrected chi connectivity index (χ3v) is 3.44. The molecule has 0 heterocycles. The van der Waals surface area contributed by atoms with Crippen LogP contribution >= 0.6 is 15.9 Å². The molecule has 0 bridgehead atoms. The number of carbonyl (C=O) groups excluding carboxylic acids is 1. The van der Waals surface area contributed by atoms with Crippen LogP contribution in [0.4, 0.5) is 5.69 Å². The molecule has 1 amide bonds. The highest BCUT2D eigenvalue weighted by atomic mass is 79.9. The highest BCUT2D eigenvalue weighted by Gasteiger charge is 2.16. The first-order chi connectivity index (χ1) is 9.90. The monoisotopic (exact) mass is 349 g/mol. The fraction of sp³-hybridized carbons (Fsp3) is 0.0667. The first-order valence-corrected chi connectivity index (χ1v) is 6.82. The summed E-state index contributed by atoms with van der Waals surface area (Å²) in [6.45, 7) is 1.68. The molecule has 0 aromatic heterocycles. The first kappa shape index (κ1) is 15.1. The fourth-order valence-electron chi connectivity index (χ4n) is 1.83. The van der Waals surface area contributed by atoms with Gasteiger partial charge in [0, 0.05) is 4.47 Å². The van der Waals surface area contributed by atoms with Crippen LogP contribution in [0.1, 0.15) is 26.3 Å². The van der Waals surface area contributed by atoms with E-state index < -0.39 is 11.9 Å². The standard InChI is InChI=1S/C15H12BrNO4/c1-8-3-2-4-10(13(8)18)14(19)17-12-6-5-9(16)7-11(12)15(20)21/h2-7,18H,1H3,(H,17,19)(H,20,21). The summed E-state index contributed by atoms with van der Waals surface area (Å²) in [7, 11) is 0. The number of anilines is 1. The van der Waals surface area contributed by atoms with Crippen molar-refractivity contribution in [2.24, 2.45) is 0 Å². The number of rotatable bonds is 3. The average molecular weight is 350 g/mol. The Bertz CT molecular complexity index is 728. The Hall–Kier alpha value is -2.34. The minimum absolute atomic E-state index is 0.0372. The quantitative estimate of drug-likeness (QED) is 0.792. The SMILES string of the molecule is Cc1cccc(C(=O)Nc2ccc(Br)cc2C(=O)O)c1O. The van der Waals surface area contributed by atoms with Crippen molar-refractivity contribution in [3.05, 3.63) is 57.6 Å². The van der Waals surface area contributed by atoms with Crippen LogP contribution in [0.25, 0.3) is 0 Å². The van der Waals surface area contributed by atoms with E-state index in [2.05, 4.69) is 21.2 Å². The molecule has 6 heteroatoms. The molecule has 0 aliphatic carbocycles. The molecule has 0 saturated carbocycles. The lowest BCUT2D eigenvalue weighted by Crippen LogP contribution is -2.15. The second kappa shape index (κ2) is 5.97. The lowest BCUT2D eigenvalue weighted by Gasteiger charge is -2.10. The number of amides is 1. The average Bonchev–Trinajstić information content (AvgIpc) is 2.43. The number of carboxylic acids is 1. The van der Waals surface area contributed by atoms with Gasteiger partial charge in [0.1, 0.15) is 5.75 Å². The number of halogens is 1. The molecule has 0 unspecified atom stereocenters. The lowest BCUT2D eigenvalue weighted by molar-refractivity contribution is 0.0698. The van der Waals surface area contributed by atoms with E-state index in [0.717, 1.165) is 0 Å². The van der Waals surface area contributed by atoms with Crippen LogP contribution in [0.5, 0.6) is 5.75 Å². The topological polar surface area (TPSA) is 86.6 Å². The molecular formula is C15H12BrNO4. The van der Waals surface area contributed by atoms with E-state index in [1.807, 2.05) is 0 Å². The molecule has 0 radical (unpaired) electrons. The molecular weight excluding hydrogens is 338 g/mol. The van der Waals surface area contributed by atoms with Crippen molar-refractivity contribution in [2.45, 2.75) is 6.92 Å². The zero-order valence-electron chi connectivity index (χ0n) is 11.1. The van der Waals surface area contributed by atoms with Crippen molar-refractivity contribution in [3.8, 4) is 5.75 Å². The van der Waals surface area contributed by atoms with Crippen molar-refractivity contribution in [1.29, 1.82) is 0 Å². The van der Waals surface area contributed by atoms with Crippen LogP contribution in [0.3, 0.4) is 0 Å². The summed E-state index contributed by atoms with van der Waals surface area (Å²) in [5, 5.41) is 21.5. The predicted octanol–water partition coefficient (Wildman–Crippen LogP) is 3.41. The Morgan fingerprint density at radius 2 is 1.86 bits per heavy atom. The van der Waals surface area contributed by atoms with Gasteiger partial charge in [-0.3, -0.25) is 4.79 Å². The van der Waals surface area contributed by atoms with Gasteiger partial charge in [-0.05, 0) is 36.8 Å². The van der Waals surface area contributed by atoms with Gasteiger partial charge in [-0.1, -0.05) is 28.1 Å². The minimum atomic E-state index is -1.15. The second-order valence-corrected chi connectivity index (χ2v) is 5.34. The molecule has 2 rings (SSSR count). The minimum Gasteiger partial charge on any atom is -0.507 e. The van der Waals surface area contributed by atoms with Crippen LogP contribution in [0.2, 0.25) is 0 Å². The molecule has 2 aromatic carbocycles. The number of aryl methyl sites for hydroxylation is 1. The molecule has 0 spiro atoms. The number of hydrogen-bond acceptors (Lipinski definition) is 3. The van der Waals surface area contributed by atoms with E-state index in [1.165, 1.54) is 18.2 Å². The van der Waals surface area contributed by atoms with Crippen molar-refractivity contribution in [2.75, 3.05) is 5.32 Å². The van der Waals surface area contributed by atoms with Crippen LogP contribution in [0.15, 0.2) is 40.9 Å². The van der Waals surface area contributed by atoms with Gasteiger partial charge in [0.2, 0.25) is 0 Å². The van der Waals surface area contributed by atoms with Gasteiger partial charge in [0.25, 0.3) is 5.91 Å². The molecule has 0 fully saturated rings. The van der Waals surface area contributed by atoms with E-state index in [1.54, 1.807) is 25.1 Å². The highest BCUT2D eigenvalue weighted by Crippen LogP contribution is 2.25. The number of aromatic hydroxyl groups is 1. The molecule has 108 valence electrons. The molecule has 3 N–H and O–H groups in total. The van der Waals surface area contributed by atoms with Crippen molar-refractivity contribution in [1.82, 2.24) is 0 Å². The number of carbonyl (C=O) groups is 2. The van der Waals surface area contributed by atoms with E-state index in [-0.39, 0.29) is 22.6 Å². The second-order valence-electron chi connectivity index (χ2n) is 4.42. The molecule has 0 aliphatic rings. The first-order valence-electron chi connectivity index (χ1n) is 6.03. The van der Waals surface area contributed by atoms with Gasteiger partial charge in [-0.15, -0.1) is 0 Å². The maximum absolute atomic E-state index is 12.2. The van der Waals surface area contributed by atoms with Crippen LogP contribution in [-0.4, -0.2) is 22.1 Å². The molecule has 2 aromatic rings. The van der Waals surface area contributed by atoms with Crippen molar-refractivity contribution < 1.29 is 19.8 Å². The number of carboxylic acid groups (broad SMARTS) is 1. The maximum atomic E-state index is 12.2. The molecule has 0 atom stereocenters. The summed E-state index contributed by atoms with van der Waals surface area (Å²) < 4.78 is 0.594. The summed E-state index contributed by atoms with van der Waals surface area (Å²) in [5.41, 5.74) is 0.785. The number of aromatic carboxylic acids is 1. The predicted molar refractivity (Wildman–Crippen MR) is 81.9 cm³/mol. The number of nitrogens with one attached hydrogen (secondary N) is 1. The highest BCUT2D eigenvalue weighted by molar-refractivity contribution is 9.10. The normalized spacial score (nSPS) is 10.2. The Balaban J connectivity index is 2.36. The largest absolute Gasteiger partial charge is 0.507 e. The van der Waals surface area contributed by atoms with Crippen LogP contribution in [0, 0.1) is 6.92 Å². The lowest BCUT2D eigenvalue weighted by atomic mass is 10.1. The van der Waals surface area contributed by atoms with E-state index in [0.29, 0.717) is 10.0 Å². The van der Waals surface area contributed by atoms with E-state index in [4.69, 9.17) is 5.11 Å². The third-order valence-electron chi connectivity index (χ3n) is 2.94. The van der Waals surface area contributed by atoms with E-state index >= 15 is 0 Å².